The van der Waals surface area contributed by atoms with Gasteiger partial charge in [0.25, 0.3) is 11.8 Å². The van der Waals surface area contributed by atoms with Crippen LogP contribution in [0.1, 0.15) is 48.4 Å². The van der Waals surface area contributed by atoms with Crippen LogP contribution in [0.25, 0.3) is 0 Å². The summed E-state index contributed by atoms with van der Waals surface area (Å²) in [6.45, 7) is 5.42. The molecule has 1 heterocycles. The number of carbonyl (C=O) groups excluding carboxylic acids is 3. The Morgan fingerprint density at radius 2 is 1.65 bits per heavy atom. The van der Waals surface area contributed by atoms with E-state index < -0.39 is 11.9 Å². The number of methoxy groups -OCH3 is 2. The molecule has 8 nitrogen and oxygen atoms in total. The van der Waals surface area contributed by atoms with Gasteiger partial charge in [-0.1, -0.05) is 12.1 Å². The van der Waals surface area contributed by atoms with E-state index in [2.05, 4.69) is 10.6 Å². The predicted molar refractivity (Wildman–Crippen MR) is 132 cm³/mol. The third-order valence-corrected chi connectivity index (χ3v) is 6.19. The minimum Gasteiger partial charge on any atom is -0.493 e. The lowest BCUT2D eigenvalue weighted by Gasteiger charge is -2.10. The Morgan fingerprint density at radius 1 is 0.912 bits per heavy atom. The van der Waals surface area contributed by atoms with E-state index in [4.69, 9.17) is 14.2 Å². The quantitative estimate of drug-likeness (QED) is 0.435. The molecule has 9 heteroatoms. The number of hydrogen-bond acceptors (Lipinski definition) is 7. The maximum Gasteiger partial charge on any atom is 0.341 e. The number of ether oxygens (including phenoxy) is 3. The minimum absolute atomic E-state index is 0.148. The highest BCUT2D eigenvalue weighted by Gasteiger charge is 2.27. The molecule has 3 aromatic rings. The molecular formula is C25H26N2O6S. The second-order valence-corrected chi connectivity index (χ2v) is 8.35. The lowest BCUT2D eigenvalue weighted by Crippen LogP contribution is -2.15. The van der Waals surface area contributed by atoms with Crippen molar-refractivity contribution < 1.29 is 28.6 Å². The van der Waals surface area contributed by atoms with Gasteiger partial charge in [-0.25, -0.2) is 4.79 Å². The van der Waals surface area contributed by atoms with Crippen molar-refractivity contribution in [2.24, 2.45) is 0 Å². The maximum absolute atomic E-state index is 13.0. The Kier molecular flexibility index (Phi) is 7.91. The molecule has 1 aromatic heterocycles. The fourth-order valence-electron chi connectivity index (χ4n) is 3.33. The zero-order valence-electron chi connectivity index (χ0n) is 19.6. The van der Waals surface area contributed by atoms with Gasteiger partial charge < -0.3 is 24.8 Å². The number of benzene rings is 2. The van der Waals surface area contributed by atoms with Crippen molar-refractivity contribution in [3.63, 3.8) is 0 Å². The Morgan fingerprint density at radius 3 is 2.29 bits per heavy atom. The van der Waals surface area contributed by atoms with E-state index >= 15 is 0 Å². The van der Waals surface area contributed by atoms with E-state index in [1.54, 1.807) is 32.0 Å². The Hall–Kier alpha value is -3.85. The topological polar surface area (TPSA) is 103 Å². The van der Waals surface area contributed by atoms with Crippen LogP contribution < -0.4 is 20.1 Å². The standard InChI is InChI=1S/C25H26N2O6S/c1-6-33-25(30)20-15(3)21(23(29)26-17-9-7-8-14(2)12-17)34-24(20)27-22(28)16-10-11-18(31-4)19(13-16)32-5/h7-13H,6H2,1-5H3,(H,26,29)(H,27,28). The number of carbonyl (C=O) groups is 3. The van der Waals surface area contributed by atoms with Gasteiger partial charge in [-0.15, -0.1) is 11.3 Å². The van der Waals surface area contributed by atoms with Gasteiger partial charge >= 0.3 is 5.97 Å². The van der Waals surface area contributed by atoms with Gasteiger partial charge in [0.15, 0.2) is 11.5 Å². The van der Waals surface area contributed by atoms with E-state index in [1.165, 1.54) is 20.3 Å². The molecular weight excluding hydrogens is 456 g/mol. The van der Waals surface area contributed by atoms with Gasteiger partial charge in [0, 0.05) is 11.3 Å². The summed E-state index contributed by atoms with van der Waals surface area (Å²) in [7, 11) is 2.97. The highest BCUT2D eigenvalue weighted by molar-refractivity contribution is 7.19. The fraction of sp³-hybridized carbons (Fsp3) is 0.240. The van der Waals surface area contributed by atoms with Crippen LogP contribution >= 0.6 is 11.3 Å². The monoisotopic (exact) mass is 482 g/mol. The molecule has 0 bridgehead atoms. The number of nitrogens with one attached hydrogen (secondary N) is 2. The number of amides is 2. The van der Waals surface area contributed by atoms with E-state index in [9.17, 15) is 14.4 Å². The number of rotatable bonds is 8. The third kappa shape index (κ3) is 5.37. The maximum atomic E-state index is 13.0. The van der Waals surface area contributed by atoms with Crippen molar-refractivity contribution in [1.29, 1.82) is 0 Å². The van der Waals surface area contributed by atoms with Crippen molar-refractivity contribution in [2.75, 3.05) is 31.5 Å². The summed E-state index contributed by atoms with van der Waals surface area (Å²) < 4.78 is 15.6. The molecule has 2 amide bonds. The lowest BCUT2D eigenvalue weighted by molar-refractivity contribution is 0.0527. The number of thiophene rings is 1. The van der Waals surface area contributed by atoms with Crippen molar-refractivity contribution in [1.82, 2.24) is 0 Å². The van der Waals surface area contributed by atoms with Crippen LogP contribution in [-0.2, 0) is 4.74 Å². The molecule has 0 aliphatic carbocycles. The Labute approximate surface area is 201 Å². The second kappa shape index (κ2) is 10.8. The van der Waals surface area contributed by atoms with Gasteiger partial charge in [0.05, 0.1) is 31.3 Å². The molecule has 0 unspecified atom stereocenters. The molecule has 2 N–H and O–H groups in total. The first-order chi connectivity index (χ1) is 16.3. The average molecular weight is 483 g/mol. The van der Waals surface area contributed by atoms with Crippen molar-refractivity contribution in [2.45, 2.75) is 20.8 Å². The Bertz CT molecular complexity index is 1230. The summed E-state index contributed by atoms with van der Waals surface area (Å²) in [4.78, 5) is 39.0. The van der Waals surface area contributed by atoms with Gasteiger partial charge in [-0.2, -0.15) is 0 Å². The molecule has 0 radical (unpaired) electrons. The molecule has 2 aromatic carbocycles. The zero-order valence-corrected chi connectivity index (χ0v) is 20.4. The molecule has 0 spiro atoms. The summed E-state index contributed by atoms with van der Waals surface area (Å²) in [5, 5.41) is 5.81. The van der Waals surface area contributed by atoms with E-state index in [0.29, 0.717) is 33.2 Å². The first-order valence-corrected chi connectivity index (χ1v) is 11.3. The Balaban J connectivity index is 1.95. The van der Waals surface area contributed by atoms with E-state index in [0.717, 1.165) is 16.9 Å². The zero-order chi connectivity index (χ0) is 24.8. The van der Waals surface area contributed by atoms with Gasteiger partial charge in [0.1, 0.15) is 5.00 Å². The van der Waals surface area contributed by atoms with Gasteiger partial charge in [0.2, 0.25) is 0 Å². The van der Waals surface area contributed by atoms with Crippen molar-refractivity contribution >= 4 is 39.8 Å². The smallest absolute Gasteiger partial charge is 0.341 e. The molecule has 0 saturated heterocycles. The summed E-state index contributed by atoms with van der Waals surface area (Å²) in [6.07, 6.45) is 0. The SMILES string of the molecule is CCOC(=O)c1c(NC(=O)c2ccc(OC)c(OC)c2)sc(C(=O)Nc2cccc(C)c2)c1C. The second-order valence-electron chi connectivity index (χ2n) is 7.33. The predicted octanol–water partition coefficient (Wildman–Crippen LogP) is 5.06. The van der Waals surface area contributed by atoms with Crippen LogP contribution in [0.4, 0.5) is 10.7 Å². The van der Waals surface area contributed by atoms with Crippen molar-refractivity contribution in [3.8, 4) is 11.5 Å². The number of anilines is 2. The molecule has 0 saturated carbocycles. The highest BCUT2D eigenvalue weighted by atomic mass is 32.1. The molecule has 0 aliphatic rings. The molecule has 34 heavy (non-hydrogen) atoms. The van der Waals surface area contributed by atoms with Gasteiger partial charge in [-0.3, -0.25) is 9.59 Å². The van der Waals surface area contributed by atoms with Crippen LogP contribution in [0.15, 0.2) is 42.5 Å². The van der Waals surface area contributed by atoms with Crippen LogP contribution in [-0.4, -0.2) is 38.6 Å². The first kappa shape index (κ1) is 24.8. The summed E-state index contributed by atoms with van der Waals surface area (Å²) >= 11 is 1.01. The average Bonchev–Trinajstić information content (AvgIpc) is 3.14. The fourth-order valence-corrected chi connectivity index (χ4v) is 4.42. The minimum atomic E-state index is -0.617. The molecule has 3 rings (SSSR count). The molecule has 0 aliphatic heterocycles. The van der Waals surface area contributed by atoms with Crippen LogP contribution in [0.5, 0.6) is 11.5 Å². The van der Waals surface area contributed by atoms with Crippen molar-refractivity contribution in [3.05, 3.63) is 69.6 Å². The highest BCUT2D eigenvalue weighted by Crippen LogP contribution is 2.35. The summed E-state index contributed by atoms with van der Waals surface area (Å²) in [5.41, 5.74) is 2.50. The normalized spacial score (nSPS) is 10.4. The number of esters is 1. The van der Waals surface area contributed by atoms with E-state index in [1.807, 2.05) is 25.1 Å². The molecule has 0 fully saturated rings. The third-order valence-electron chi connectivity index (χ3n) is 4.98. The van der Waals surface area contributed by atoms with Crippen LogP contribution in [0, 0.1) is 13.8 Å². The molecule has 178 valence electrons. The number of hydrogen-bond donors (Lipinski definition) is 2. The van der Waals surface area contributed by atoms with E-state index in [-0.39, 0.29) is 23.1 Å². The first-order valence-electron chi connectivity index (χ1n) is 10.5. The summed E-state index contributed by atoms with van der Waals surface area (Å²) in [6, 6.07) is 12.1. The number of aryl methyl sites for hydroxylation is 1. The molecule has 0 atom stereocenters. The van der Waals surface area contributed by atoms with Gasteiger partial charge in [-0.05, 0) is 62.2 Å². The summed E-state index contributed by atoms with van der Waals surface area (Å²) in [5.74, 6) is -0.605. The van der Waals surface area contributed by atoms with Crippen LogP contribution in [0.2, 0.25) is 0 Å². The lowest BCUT2D eigenvalue weighted by atomic mass is 10.1. The largest absolute Gasteiger partial charge is 0.493 e. The van der Waals surface area contributed by atoms with Crippen LogP contribution in [0.3, 0.4) is 0 Å².